The highest BCUT2D eigenvalue weighted by molar-refractivity contribution is 7.29. The average Bonchev–Trinajstić information content (AvgIpc) is 2.90. The molecule has 0 aromatic heterocycles. The van der Waals surface area contributed by atoms with Crippen LogP contribution in [0, 0.1) is 5.41 Å². The molecule has 1 aliphatic rings. The van der Waals surface area contributed by atoms with E-state index in [1.165, 1.54) is 5.19 Å². The highest BCUT2D eigenvalue weighted by Gasteiger charge is 2.56. The molecule has 0 heterocycles. The van der Waals surface area contributed by atoms with Crippen LogP contribution < -0.4 is 5.19 Å². The summed E-state index contributed by atoms with van der Waals surface area (Å²) in [7, 11) is -2.18. The monoisotopic (exact) mass is 304 g/mol. The van der Waals surface area contributed by atoms with E-state index in [9.17, 15) is 0 Å². The van der Waals surface area contributed by atoms with Gasteiger partial charge in [-0.1, -0.05) is 88.8 Å². The van der Waals surface area contributed by atoms with Gasteiger partial charge < -0.3 is 0 Å². The number of rotatable bonds is 4. The average molecular weight is 305 g/mol. The summed E-state index contributed by atoms with van der Waals surface area (Å²) in [6.07, 6.45) is 10.2. The first kappa shape index (κ1) is 15.6. The summed E-state index contributed by atoms with van der Waals surface area (Å²) in [5.74, 6) is 0. The van der Waals surface area contributed by atoms with Gasteiger partial charge in [0.1, 0.15) is 0 Å². The molecule has 2 heteroatoms. The number of hydrogen-bond donors (Lipinski definition) is 0. The molecule has 20 heavy (non-hydrogen) atoms. The van der Waals surface area contributed by atoms with Gasteiger partial charge in [-0.15, -0.1) is 0 Å². The maximum atomic E-state index is 7.45. The minimum absolute atomic E-state index is 0.0150. The molecule has 0 N–H and O–H groups in total. The molecule has 1 aromatic carbocycles. The van der Waals surface area contributed by atoms with Crippen LogP contribution in [-0.4, -0.2) is 7.38 Å². The Bertz CT molecular complexity index is 498. The van der Waals surface area contributed by atoms with Crippen LogP contribution in [0.1, 0.15) is 34.1 Å². The lowest BCUT2D eigenvalue weighted by atomic mass is 9.80. The molecule has 0 bridgehead atoms. The van der Waals surface area contributed by atoms with Crippen molar-refractivity contribution in [3.63, 3.8) is 0 Å². The first-order valence-electron chi connectivity index (χ1n) is 7.49. The van der Waals surface area contributed by atoms with Crippen LogP contribution in [0.2, 0.25) is 11.1 Å². The lowest BCUT2D eigenvalue weighted by Crippen LogP contribution is -2.56. The summed E-state index contributed by atoms with van der Waals surface area (Å²) in [4.78, 5) is 0. The van der Waals surface area contributed by atoms with Crippen LogP contribution in [0.25, 0.3) is 0 Å². The molecule has 0 fully saturated rings. The predicted octanol–water partition coefficient (Wildman–Crippen LogP) is 5.40. The summed E-state index contributed by atoms with van der Waals surface area (Å²) in [6.45, 7) is 9.19. The SMILES string of the molecule is CCC[Si](Cl)(c1ccccc1)C1(C(C)(C)C)C=CC=C1. The second kappa shape index (κ2) is 5.54. The molecule has 0 aliphatic heterocycles. The van der Waals surface area contributed by atoms with Crippen molar-refractivity contribution in [1.82, 2.24) is 0 Å². The van der Waals surface area contributed by atoms with Gasteiger partial charge in [0.25, 0.3) is 0 Å². The van der Waals surface area contributed by atoms with Crippen LogP contribution >= 0.6 is 11.1 Å². The summed E-state index contributed by atoms with van der Waals surface area (Å²) < 4.78 is 0. The summed E-state index contributed by atoms with van der Waals surface area (Å²) >= 11 is 7.45. The molecule has 1 aliphatic carbocycles. The molecule has 0 saturated heterocycles. The number of hydrogen-bond acceptors (Lipinski definition) is 0. The Hall–Kier alpha value is -0.793. The van der Waals surface area contributed by atoms with Gasteiger partial charge in [0, 0.05) is 5.04 Å². The molecule has 2 rings (SSSR count). The molecule has 1 unspecified atom stereocenters. The minimum Gasteiger partial charge on any atom is -0.160 e. The quantitative estimate of drug-likeness (QED) is 0.516. The molecule has 0 spiro atoms. The molecule has 1 atom stereocenters. The summed E-state index contributed by atoms with van der Waals surface area (Å²) in [6, 6.07) is 11.9. The molecule has 0 radical (unpaired) electrons. The third-order valence-electron chi connectivity index (χ3n) is 4.55. The Morgan fingerprint density at radius 2 is 1.60 bits per heavy atom. The van der Waals surface area contributed by atoms with Crippen LogP contribution in [0.3, 0.4) is 0 Å². The van der Waals surface area contributed by atoms with Gasteiger partial charge in [-0.05, 0) is 16.6 Å². The molecular formula is C18H25ClSi. The van der Waals surface area contributed by atoms with E-state index in [0.717, 1.165) is 12.5 Å². The van der Waals surface area contributed by atoms with Gasteiger partial charge in [-0.3, -0.25) is 0 Å². The van der Waals surface area contributed by atoms with Crippen LogP contribution in [0.5, 0.6) is 0 Å². The van der Waals surface area contributed by atoms with E-state index in [1.807, 2.05) is 0 Å². The highest BCUT2D eigenvalue weighted by atomic mass is 35.6. The van der Waals surface area contributed by atoms with E-state index in [1.54, 1.807) is 0 Å². The Kier molecular flexibility index (Phi) is 4.32. The van der Waals surface area contributed by atoms with Crippen molar-refractivity contribution >= 4 is 23.6 Å². The zero-order valence-electron chi connectivity index (χ0n) is 13.0. The third-order valence-corrected chi connectivity index (χ3v) is 11.5. The molecule has 0 saturated carbocycles. The normalized spacial score (nSPS) is 20.1. The largest absolute Gasteiger partial charge is 0.200 e. The first-order chi connectivity index (χ1) is 9.37. The van der Waals surface area contributed by atoms with Crippen LogP contribution in [0.15, 0.2) is 54.6 Å². The maximum absolute atomic E-state index is 7.45. The summed E-state index contributed by atoms with van der Waals surface area (Å²) in [5.41, 5.74) is 0.121. The van der Waals surface area contributed by atoms with E-state index in [-0.39, 0.29) is 10.5 Å². The van der Waals surface area contributed by atoms with E-state index in [0.29, 0.717) is 0 Å². The Balaban J connectivity index is 2.63. The van der Waals surface area contributed by atoms with E-state index < -0.39 is 7.38 Å². The zero-order chi connectivity index (χ0) is 14.9. The van der Waals surface area contributed by atoms with Crippen LogP contribution in [0.4, 0.5) is 0 Å². The zero-order valence-corrected chi connectivity index (χ0v) is 14.7. The molecule has 1 aromatic rings. The molecule has 108 valence electrons. The highest BCUT2D eigenvalue weighted by Crippen LogP contribution is 2.59. The molecule has 0 nitrogen and oxygen atoms in total. The van der Waals surface area contributed by atoms with Crippen molar-refractivity contribution in [3.05, 3.63) is 54.6 Å². The Morgan fingerprint density at radius 1 is 1.05 bits per heavy atom. The van der Waals surface area contributed by atoms with Crippen LogP contribution in [-0.2, 0) is 0 Å². The smallest absolute Gasteiger partial charge is 0.160 e. The van der Waals surface area contributed by atoms with Crippen molar-refractivity contribution in [2.45, 2.75) is 45.2 Å². The second-order valence-corrected chi connectivity index (χ2v) is 12.2. The van der Waals surface area contributed by atoms with Crippen molar-refractivity contribution in [1.29, 1.82) is 0 Å². The van der Waals surface area contributed by atoms with Crippen molar-refractivity contribution in [2.75, 3.05) is 0 Å². The van der Waals surface area contributed by atoms with Gasteiger partial charge >= 0.3 is 0 Å². The van der Waals surface area contributed by atoms with Crippen molar-refractivity contribution in [3.8, 4) is 0 Å². The van der Waals surface area contributed by atoms with Gasteiger partial charge in [-0.25, -0.2) is 0 Å². The first-order valence-corrected chi connectivity index (χ1v) is 10.7. The number of halogens is 1. The lowest BCUT2D eigenvalue weighted by Gasteiger charge is -2.49. The topological polar surface area (TPSA) is 0 Å². The molecular weight excluding hydrogens is 280 g/mol. The fourth-order valence-corrected chi connectivity index (χ4v) is 10.1. The second-order valence-electron chi connectivity index (χ2n) is 6.75. The molecule has 0 amide bonds. The lowest BCUT2D eigenvalue weighted by molar-refractivity contribution is 0.353. The Morgan fingerprint density at radius 3 is 2.05 bits per heavy atom. The van der Waals surface area contributed by atoms with Crippen molar-refractivity contribution < 1.29 is 0 Å². The number of allylic oxidation sites excluding steroid dienone is 4. The fraction of sp³-hybridized carbons (Fsp3) is 0.444. The van der Waals surface area contributed by atoms with Gasteiger partial charge in [0.05, 0.1) is 0 Å². The minimum atomic E-state index is -2.18. The Labute approximate surface area is 129 Å². The maximum Gasteiger partial charge on any atom is 0.200 e. The van der Waals surface area contributed by atoms with E-state index in [2.05, 4.69) is 82.3 Å². The van der Waals surface area contributed by atoms with E-state index >= 15 is 0 Å². The predicted molar refractivity (Wildman–Crippen MR) is 93.2 cm³/mol. The fourth-order valence-electron chi connectivity index (χ4n) is 3.47. The van der Waals surface area contributed by atoms with Gasteiger partial charge in [-0.2, -0.15) is 11.1 Å². The third kappa shape index (κ3) is 2.31. The van der Waals surface area contributed by atoms with Crippen molar-refractivity contribution in [2.24, 2.45) is 5.41 Å². The van der Waals surface area contributed by atoms with Gasteiger partial charge in [0.15, 0.2) is 0 Å². The summed E-state index contributed by atoms with van der Waals surface area (Å²) in [5, 5.41) is 1.34. The number of benzene rings is 1. The van der Waals surface area contributed by atoms with E-state index in [4.69, 9.17) is 11.1 Å². The van der Waals surface area contributed by atoms with Gasteiger partial charge in [0.2, 0.25) is 7.38 Å². The standard InChI is InChI=1S/C18H25ClSi/c1-5-15-20(19,16-11-7-6-8-12-16)18(17(2,3)4)13-9-10-14-18/h6-14H,5,15H2,1-4H3.